The summed E-state index contributed by atoms with van der Waals surface area (Å²) in [6.07, 6.45) is -0.0300. The molecule has 2 aromatic rings. The molecule has 134 valence electrons. The second-order valence-corrected chi connectivity index (χ2v) is 7.63. The standard InChI is InChI=1S/C17H18ClFN2O3S/c1-21(12-13-5-3-2-4-6-13)17(22)9-10-20-25(23,24)16-8-7-14(18)11-15(16)19/h2-8,11,20H,9-10,12H2,1H3. The van der Waals surface area contributed by atoms with Crippen molar-refractivity contribution in [1.29, 1.82) is 0 Å². The molecule has 0 saturated heterocycles. The van der Waals surface area contributed by atoms with E-state index >= 15 is 0 Å². The van der Waals surface area contributed by atoms with E-state index in [9.17, 15) is 17.6 Å². The van der Waals surface area contributed by atoms with E-state index in [1.807, 2.05) is 30.3 Å². The molecule has 0 radical (unpaired) electrons. The zero-order chi connectivity index (χ0) is 18.4. The summed E-state index contributed by atoms with van der Waals surface area (Å²) in [7, 11) is -2.40. The van der Waals surface area contributed by atoms with Crippen molar-refractivity contribution in [2.24, 2.45) is 0 Å². The second kappa shape index (κ2) is 8.42. The van der Waals surface area contributed by atoms with Crippen LogP contribution in [0.25, 0.3) is 0 Å². The van der Waals surface area contributed by atoms with Crippen LogP contribution in [0.15, 0.2) is 53.4 Å². The van der Waals surface area contributed by atoms with E-state index in [4.69, 9.17) is 11.6 Å². The Bertz CT molecular complexity index is 844. The summed E-state index contributed by atoms with van der Waals surface area (Å²) in [5.41, 5.74) is 0.974. The normalized spacial score (nSPS) is 11.3. The van der Waals surface area contributed by atoms with Gasteiger partial charge in [-0.3, -0.25) is 4.79 Å². The third-order valence-electron chi connectivity index (χ3n) is 3.50. The fourth-order valence-corrected chi connectivity index (χ4v) is 3.45. The fraction of sp³-hybridized carbons (Fsp3) is 0.235. The van der Waals surface area contributed by atoms with E-state index in [1.54, 1.807) is 7.05 Å². The van der Waals surface area contributed by atoms with Crippen LogP contribution in [0.5, 0.6) is 0 Å². The highest BCUT2D eigenvalue weighted by atomic mass is 35.5. The van der Waals surface area contributed by atoms with Gasteiger partial charge in [-0.2, -0.15) is 0 Å². The van der Waals surface area contributed by atoms with Crippen LogP contribution in [-0.4, -0.2) is 32.8 Å². The molecule has 0 aromatic heterocycles. The average molecular weight is 385 g/mol. The molecule has 0 bridgehead atoms. The predicted molar refractivity (Wildman–Crippen MR) is 94.1 cm³/mol. The van der Waals surface area contributed by atoms with E-state index in [-0.39, 0.29) is 23.9 Å². The van der Waals surface area contributed by atoms with Crippen molar-refractivity contribution in [1.82, 2.24) is 9.62 Å². The van der Waals surface area contributed by atoms with Crippen molar-refractivity contribution < 1.29 is 17.6 Å². The van der Waals surface area contributed by atoms with Crippen molar-refractivity contribution >= 4 is 27.5 Å². The lowest BCUT2D eigenvalue weighted by atomic mass is 10.2. The number of halogens is 2. The number of rotatable bonds is 7. The minimum atomic E-state index is -4.04. The number of hydrogen-bond acceptors (Lipinski definition) is 3. The molecule has 2 rings (SSSR count). The van der Waals surface area contributed by atoms with Crippen molar-refractivity contribution in [3.05, 3.63) is 64.9 Å². The summed E-state index contributed by atoms with van der Waals surface area (Å²) in [6, 6.07) is 12.7. The number of hydrogen-bond donors (Lipinski definition) is 1. The lowest BCUT2D eigenvalue weighted by molar-refractivity contribution is -0.130. The van der Waals surface area contributed by atoms with E-state index in [0.29, 0.717) is 6.54 Å². The second-order valence-electron chi connectivity index (χ2n) is 5.46. The molecular weight excluding hydrogens is 367 g/mol. The molecule has 2 aromatic carbocycles. The molecule has 0 fully saturated rings. The summed E-state index contributed by atoms with van der Waals surface area (Å²) < 4.78 is 40.1. The lowest BCUT2D eigenvalue weighted by Gasteiger charge is -2.17. The number of nitrogens with zero attached hydrogens (tertiary/aromatic N) is 1. The first-order valence-corrected chi connectivity index (χ1v) is 9.38. The van der Waals surface area contributed by atoms with Crippen molar-refractivity contribution in [2.75, 3.05) is 13.6 Å². The first kappa shape index (κ1) is 19.4. The largest absolute Gasteiger partial charge is 0.341 e. The van der Waals surface area contributed by atoms with Gasteiger partial charge < -0.3 is 4.90 Å². The molecular formula is C17H18ClFN2O3S. The highest BCUT2D eigenvalue weighted by Crippen LogP contribution is 2.18. The van der Waals surface area contributed by atoms with Crippen molar-refractivity contribution in [3.8, 4) is 0 Å². The molecule has 5 nitrogen and oxygen atoms in total. The van der Waals surface area contributed by atoms with E-state index in [1.165, 1.54) is 11.0 Å². The van der Waals surface area contributed by atoms with Gasteiger partial charge in [-0.15, -0.1) is 0 Å². The maximum Gasteiger partial charge on any atom is 0.243 e. The molecule has 0 aliphatic rings. The molecule has 8 heteroatoms. The minimum Gasteiger partial charge on any atom is -0.341 e. The molecule has 0 spiro atoms. The zero-order valence-corrected chi connectivity index (χ0v) is 15.1. The average Bonchev–Trinajstić information content (AvgIpc) is 2.55. The summed E-state index contributed by atoms with van der Waals surface area (Å²) in [5.74, 6) is -1.16. The smallest absolute Gasteiger partial charge is 0.243 e. The summed E-state index contributed by atoms with van der Waals surface area (Å²) in [5, 5.41) is 0.106. The van der Waals surface area contributed by atoms with E-state index in [0.717, 1.165) is 17.7 Å². The fourth-order valence-electron chi connectivity index (χ4n) is 2.20. The summed E-state index contributed by atoms with van der Waals surface area (Å²) >= 11 is 5.61. The Kier molecular flexibility index (Phi) is 6.52. The molecule has 1 amide bonds. The van der Waals surface area contributed by atoms with Crippen molar-refractivity contribution in [3.63, 3.8) is 0 Å². The molecule has 1 N–H and O–H groups in total. The number of benzene rings is 2. The quantitative estimate of drug-likeness (QED) is 0.798. The number of sulfonamides is 1. The van der Waals surface area contributed by atoms with Gasteiger partial charge in [-0.1, -0.05) is 41.9 Å². The number of nitrogens with one attached hydrogen (secondary N) is 1. The summed E-state index contributed by atoms with van der Waals surface area (Å²) in [4.78, 5) is 13.1. The van der Waals surface area contributed by atoms with Crippen LogP contribution in [-0.2, 0) is 21.4 Å². The Labute approximate surface area is 151 Å². The van der Waals surface area contributed by atoms with Crippen LogP contribution in [0.3, 0.4) is 0 Å². The minimum absolute atomic E-state index is 0.0300. The molecule has 25 heavy (non-hydrogen) atoms. The Hall–Kier alpha value is -1.96. The van der Waals surface area contributed by atoms with Gasteiger partial charge >= 0.3 is 0 Å². The Morgan fingerprint density at radius 3 is 2.52 bits per heavy atom. The van der Waals surface area contributed by atoms with Crippen LogP contribution < -0.4 is 4.72 Å². The first-order chi connectivity index (χ1) is 11.8. The predicted octanol–water partition coefficient (Wildman–Crippen LogP) is 2.81. The molecule has 0 heterocycles. The van der Waals surface area contributed by atoms with Gasteiger partial charge in [-0.05, 0) is 23.8 Å². The SMILES string of the molecule is CN(Cc1ccccc1)C(=O)CCNS(=O)(=O)c1ccc(Cl)cc1F. The molecule has 0 unspecified atom stereocenters. The monoisotopic (exact) mass is 384 g/mol. The summed E-state index contributed by atoms with van der Waals surface area (Å²) in [6.45, 7) is 0.306. The molecule has 0 atom stereocenters. The Morgan fingerprint density at radius 2 is 1.88 bits per heavy atom. The van der Waals surface area contributed by atoms with E-state index in [2.05, 4.69) is 4.72 Å². The van der Waals surface area contributed by atoms with Crippen LogP contribution in [0, 0.1) is 5.82 Å². The Balaban J connectivity index is 1.89. The first-order valence-electron chi connectivity index (χ1n) is 7.52. The van der Waals surface area contributed by atoms with Gasteiger partial charge in [0.1, 0.15) is 10.7 Å². The Morgan fingerprint density at radius 1 is 1.20 bits per heavy atom. The van der Waals surface area contributed by atoms with Gasteiger partial charge in [-0.25, -0.2) is 17.5 Å². The highest BCUT2D eigenvalue weighted by molar-refractivity contribution is 7.89. The van der Waals surface area contributed by atoms with Gasteiger partial charge in [0.2, 0.25) is 15.9 Å². The van der Waals surface area contributed by atoms with Crippen LogP contribution in [0.4, 0.5) is 4.39 Å². The van der Waals surface area contributed by atoms with E-state index < -0.39 is 20.7 Å². The zero-order valence-electron chi connectivity index (χ0n) is 13.6. The topological polar surface area (TPSA) is 66.5 Å². The van der Waals surface area contributed by atoms with Crippen LogP contribution >= 0.6 is 11.6 Å². The maximum absolute atomic E-state index is 13.7. The van der Waals surface area contributed by atoms with Crippen molar-refractivity contribution in [2.45, 2.75) is 17.9 Å². The van der Waals surface area contributed by atoms with Gasteiger partial charge in [0.05, 0.1) is 0 Å². The number of carbonyl (C=O) groups excluding carboxylic acids is 1. The molecule has 0 saturated carbocycles. The number of amides is 1. The molecule has 0 aliphatic heterocycles. The third kappa shape index (κ3) is 5.52. The maximum atomic E-state index is 13.7. The third-order valence-corrected chi connectivity index (χ3v) is 5.23. The van der Waals surface area contributed by atoms with Crippen LogP contribution in [0.2, 0.25) is 5.02 Å². The highest BCUT2D eigenvalue weighted by Gasteiger charge is 2.19. The van der Waals surface area contributed by atoms with Gasteiger partial charge in [0, 0.05) is 31.6 Å². The lowest BCUT2D eigenvalue weighted by Crippen LogP contribution is -2.32. The van der Waals surface area contributed by atoms with Gasteiger partial charge in [0.15, 0.2) is 0 Å². The van der Waals surface area contributed by atoms with Gasteiger partial charge in [0.25, 0.3) is 0 Å². The number of carbonyl (C=O) groups is 1. The molecule has 0 aliphatic carbocycles. The van der Waals surface area contributed by atoms with Crippen LogP contribution in [0.1, 0.15) is 12.0 Å².